The maximum Gasteiger partial charge on any atom is 0.316 e. The molecule has 0 atom stereocenters. The molecule has 1 rings (SSSR count). The zero-order valence-corrected chi connectivity index (χ0v) is 12.8. The Bertz CT molecular complexity index is 489. The quantitative estimate of drug-likeness (QED) is 0.596. The van der Waals surface area contributed by atoms with E-state index in [0.717, 1.165) is 0 Å². The summed E-state index contributed by atoms with van der Waals surface area (Å²) in [6.45, 7) is 5.98. The third kappa shape index (κ3) is 6.48. The predicted octanol–water partition coefficient (Wildman–Crippen LogP) is 3.01. The highest BCUT2D eigenvalue weighted by Crippen LogP contribution is 2.17. The molecule has 0 fully saturated rings. The molecule has 0 radical (unpaired) electrons. The van der Waals surface area contributed by atoms with Crippen LogP contribution in [0.3, 0.4) is 0 Å². The monoisotopic (exact) mass is 293 g/mol. The Morgan fingerprint density at radius 3 is 2.70 bits per heavy atom. The first-order chi connectivity index (χ1) is 9.42. The minimum absolute atomic E-state index is 0.222. The van der Waals surface area contributed by atoms with Crippen molar-refractivity contribution in [3.05, 3.63) is 29.8 Å². The lowest BCUT2D eigenvalue weighted by Gasteiger charge is -2.19. The maximum absolute atomic E-state index is 11.5. The van der Waals surface area contributed by atoms with E-state index in [1.54, 1.807) is 18.2 Å². The lowest BCUT2D eigenvalue weighted by atomic mass is 10.2. The molecule has 1 aromatic rings. The fourth-order valence-corrected chi connectivity index (χ4v) is 1.99. The van der Waals surface area contributed by atoms with Gasteiger partial charge in [0.15, 0.2) is 0 Å². The maximum atomic E-state index is 11.5. The molecule has 0 N–H and O–H groups in total. The van der Waals surface area contributed by atoms with Crippen LogP contribution in [0.25, 0.3) is 0 Å². The summed E-state index contributed by atoms with van der Waals surface area (Å²) in [6, 6.07) is 9.16. The molecular formula is C15H19NO3S. The Kier molecular flexibility index (Phi) is 6.40. The largest absolute Gasteiger partial charge is 0.491 e. The molecule has 0 amide bonds. The number of thioether (sulfide) groups is 1. The van der Waals surface area contributed by atoms with Crippen LogP contribution < -0.4 is 4.74 Å². The minimum atomic E-state index is -0.445. The van der Waals surface area contributed by atoms with Crippen molar-refractivity contribution in [2.24, 2.45) is 0 Å². The molecule has 0 aliphatic carbocycles. The number of para-hydroxylation sites is 1. The summed E-state index contributed by atoms with van der Waals surface area (Å²) >= 11 is 1.45. The highest BCUT2D eigenvalue weighted by molar-refractivity contribution is 7.99. The van der Waals surface area contributed by atoms with Gasteiger partial charge in [0.25, 0.3) is 0 Å². The third-order valence-corrected chi connectivity index (χ3v) is 3.03. The third-order valence-electron chi connectivity index (χ3n) is 2.13. The van der Waals surface area contributed by atoms with Crippen LogP contribution in [0.5, 0.6) is 5.75 Å². The number of hydrogen-bond donors (Lipinski definition) is 0. The van der Waals surface area contributed by atoms with Gasteiger partial charge in [0.05, 0.1) is 17.9 Å². The summed E-state index contributed by atoms with van der Waals surface area (Å²) in [5.41, 5.74) is 0.0736. The van der Waals surface area contributed by atoms with Gasteiger partial charge in [-0.25, -0.2) is 0 Å². The SMILES string of the molecule is CC(C)(C)OC(=O)CSCCOc1ccccc1C#N. The van der Waals surface area contributed by atoms with Crippen molar-refractivity contribution in [3.63, 3.8) is 0 Å². The molecule has 0 bridgehead atoms. The second-order valence-corrected chi connectivity index (χ2v) is 6.20. The lowest BCUT2D eigenvalue weighted by molar-refractivity contribution is -0.151. The lowest BCUT2D eigenvalue weighted by Crippen LogP contribution is -2.25. The summed E-state index contributed by atoms with van der Waals surface area (Å²) in [5.74, 6) is 1.33. The molecule has 20 heavy (non-hydrogen) atoms. The van der Waals surface area contributed by atoms with E-state index in [4.69, 9.17) is 14.7 Å². The van der Waals surface area contributed by atoms with Crippen molar-refractivity contribution in [3.8, 4) is 11.8 Å². The van der Waals surface area contributed by atoms with Crippen LogP contribution in [-0.2, 0) is 9.53 Å². The molecular weight excluding hydrogens is 274 g/mol. The van der Waals surface area contributed by atoms with Gasteiger partial charge in [0.1, 0.15) is 17.4 Å². The molecule has 0 unspecified atom stereocenters. The standard InChI is InChI=1S/C15H19NO3S/c1-15(2,3)19-14(17)11-20-9-8-18-13-7-5-4-6-12(13)10-16/h4-7H,8-9,11H2,1-3H3. The van der Waals surface area contributed by atoms with Crippen LogP contribution in [0.1, 0.15) is 26.3 Å². The van der Waals surface area contributed by atoms with E-state index in [0.29, 0.717) is 29.4 Å². The van der Waals surface area contributed by atoms with Crippen molar-refractivity contribution in [2.75, 3.05) is 18.1 Å². The summed E-state index contributed by atoms with van der Waals surface area (Å²) in [4.78, 5) is 11.5. The fraction of sp³-hybridized carbons (Fsp3) is 0.467. The number of ether oxygens (including phenoxy) is 2. The first-order valence-corrected chi connectivity index (χ1v) is 7.49. The molecule has 1 aromatic carbocycles. The van der Waals surface area contributed by atoms with Crippen molar-refractivity contribution in [2.45, 2.75) is 26.4 Å². The Morgan fingerprint density at radius 1 is 1.35 bits per heavy atom. The molecule has 0 aliphatic rings. The topological polar surface area (TPSA) is 59.3 Å². The first-order valence-electron chi connectivity index (χ1n) is 6.34. The van der Waals surface area contributed by atoms with Gasteiger partial charge in [0, 0.05) is 5.75 Å². The number of carbonyl (C=O) groups excluding carboxylic acids is 1. The van der Waals surface area contributed by atoms with Gasteiger partial charge < -0.3 is 9.47 Å². The highest BCUT2D eigenvalue weighted by atomic mass is 32.2. The normalized spacial score (nSPS) is 10.7. The van der Waals surface area contributed by atoms with Gasteiger partial charge in [-0.15, -0.1) is 11.8 Å². The molecule has 0 aliphatic heterocycles. The summed E-state index contributed by atoms with van der Waals surface area (Å²) in [7, 11) is 0. The van der Waals surface area contributed by atoms with Crippen LogP contribution in [0, 0.1) is 11.3 Å². The molecule has 0 heterocycles. The van der Waals surface area contributed by atoms with Crippen LogP contribution >= 0.6 is 11.8 Å². The zero-order chi connectivity index (χ0) is 15.0. The number of esters is 1. The van der Waals surface area contributed by atoms with Crippen LogP contribution in [0.15, 0.2) is 24.3 Å². The number of nitriles is 1. The second kappa shape index (κ2) is 7.81. The molecule has 108 valence electrons. The summed E-state index contributed by atoms with van der Waals surface area (Å²) in [5, 5.41) is 8.91. The van der Waals surface area contributed by atoms with E-state index in [9.17, 15) is 4.79 Å². The van der Waals surface area contributed by atoms with Crippen molar-refractivity contribution in [1.29, 1.82) is 5.26 Å². The Balaban J connectivity index is 2.23. The number of carbonyl (C=O) groups is 1. The molecule has 0 saturated carbocycles. The highest BCUT2D eigenvalue weighted by Gasteiger charge is 2.15. The Morgan fingerprint density at radius 2 is 2.05 bits per heavy atom. The molecule has 4 nitrogen and oxygen atoms in total. The smallest absolute Gasteiger partial charge is 0.316 e. The average Bonchev–Trinajstić information content (AvgIpc) is 2.36. The predicted molar refractivity (Wildman–Crippen MR) is 79.8 cm³/mol. The van der Waals surface area contributed by atoms with Gasteiger partial charge in [-0.3, -0.25) is 4.79 Å². The molecule has 5 heteroatoms. The van der Waals surface area contributed by atoms with Crippen LogP contribution in [0.4, 0.5) is 0 Å². The Labute approximate surface area is 124 Å². The second-order valence-electron chi connectivity index (χ2n) is 5.10. The summed E-state index contributed by atoms with van der Waals surface area (Å²) in [6.07, 6.45) is 0. The van der Waals surface area contributed by atoms with Gasteiger partial charge >= 0.3 is 5.97 Å². The van der Waals surface area contributed by atoms with E-state index in [1.807, 2.05) is 26.8 Å². The molecule has 0 spiro atoms. The first kappa shape index (κ1) is 16.4. The fourth-order valence-electron chi connectivity index (χ4n) is 1.42. The van der Waals surface area contributed by atoms with Gasteiger partial charge in [0.2, 0.25) is 0 Å². The van der Waals surface area contributed by atoms with Gasteiger partial charge in [-0.1, -0.05) is 12.1 Å². The van der Waals surface area contributed by atoms with Crippen molar-refractivity contribution in [1.82, 2.24) is 0 Å². The minimum Gasteiger partial charge on any atom is -0.491 e. The molecule has 0 aromatic heterocycles. The molecule has 0 saturated heterocycles. The number of rotatable bonds is 6. The van der Waals surface area contributed by atoms with Crippen LogP contribution in [0.2, 0.25) is 0 Å². The van der Waals surface area contributed by atoms with E-state index < -0.39 is 5.60 Å². The van der Waals surface area contributed by atoms with E-state index in [2.05, 4.69) is 6.07 Å². The summed E-state index contributed by atoms with van der Waals surface area (Å²) < 4.78 is 10.7. The Hall–Kier alpha value is -1.67. The van der Waals surface area contributed by atoms with Crippen LogP contribution in [-0.4, -0.2) is 29.7 Å². The van der Waals surface area contributed by atoms with Crippen molar-refractivity contribution < 1.29 is 14.3 Å². The van der Waals surface area contributed by atoms with Crippen molar-refractivity contribution >= 4 is 17.7 Å². The van der Waals surface area contributed by atoms with E-state index in [1.165, 1.54) is 11.8 Å². The van der Waals surface area contributed by atoms with Gasteiger partial charge in [-0.05, 0) is 32.9 Å². The zero-order valence-electron chi connectivity index (χ0n) is 12.0. The van der Waals surface area contributed by atoms with E-state index in [-0.39, 0.29) is 5.97 Å². The number of nitrogens with zero attached hydrogens (tertiary/aromatic N) is 1. The number of benzene rings is 1. The van der Waals surface area contributed by atoms with E-state index >= 15 is 0 Å². The van der Waals surface area contributed by atoms with Gasteiger partial charge in [-0.2, -0.15) is 5.26 Å². The number of hydrogen-bond acceptors (Lipinski definition) is 5. The average molecular weight is 293 g/mol.